The van der Waals surface area contributed by atoms with Crippen LogP contribution in [-0.4, -0.2) is 18.0 Å². The summed E-state index contributed by atoms with van der Waals surface area (Å²) in [6.45, 7) is 2.14. The maximum absolute atomic E-state index is 11.5. The maximum atomic E-state index is 11.5. The molecule has 0 fully saturated rings. The van der Waals surface area contributed by atoms with E-state index in [9.17, 15) is 8.42 Å². The minimum atomic E-state index is -3.80. The molecule has 7 nitrogen and oxygen atoms in total. The van der Waals surface area contributed by atoms with Crippen molar-refractivity contribution in [3.8, 4) is 0 Å². The van der Waals surface area contributed by atoms with E-state index in [0.717, 1.165) is 5.82 Å². The van der Waals surface area contributed by atoms with E-state index < -0.39 is 10.0 Å². The van der Waals surface area contributed by atoms with E-state index in [-0.39, 0.29) is 4.90 Å². The normalized spacial score (nSPS) is 11.6. The Labute approximate surface area is 117 Å². The van der Waals surface area contributed by atoms with Gasteiger partial charge in [0.25, 0.3) is 0 Å². The summed E-state index contributed by atoms with van der Waals surface area (Å²) in [4.78, 5) is 4.21. The van der Waals surface area contributed by atoms with Gasteiger partial charge in [0, 0.05) is 30.8 Å². The van der Waals surface area contributed by atoms with Gasteiger partial charge < -0.3 is 15.6 Å². The molecule has 0 saturated carbocycles. The molecule has 108 valence electrons. The van der Waals surface area contributed by atoms with Crippen molar-refractivity contribution in [2.75, 3.05) is 11.1 Å². The summed E-state index contributed by atoms with van der Waals surface area (Å²) in [5, 5.41) is 8.31. The van der Waals surface area contributed by atoms with Crippen molar-refractivity contribution < 1.29 is 8.42 Å². The summed E-state index contributed by atoms with van der Waals surface area (Å²) in [7, 11) is -1.92. The van der Waals surface area contributed by atoms with Gasteiger partial charge in [-0.1, -0.05) is 0 Å². The van der Waals surface area contributed by atoms with Crippen LogP contribution in [-0.2, 0) is 23.6 Å². The van der Waals surface area contributed by atoms with Crippen LogP contribution in [0.25, 0.3) is 0 Å². The Kier molecular flexibility index (Phi) is 3.69. The largest absolute Gasteiger partial charge is 0.399 e. The van der Waals surface area contributed by atoms with E-state index in [1.165, 1.54) is 6.07 Å². The number of nitrogens with two attached hydrogens (primary N) is 2. The summed E-state index contributed by atoms with van der Waals surface area (Å²) in [6.07, 6.45) is 3.53. The lowest BCUT2D eigenvalue weighted by atomic mass is 10.2. The van der Waals surface area contributed by atoms with E-state index in [0.29, 0.717) is 23.5 Å². The second-order valence-corrected chi connectivity index (χ2v) is 6.07. The maximum Gasteiger partial charge on any atom is 0.238 e. The van der Waals surface area contributed by atoms with Gasteiger partial charge in [0.15, 0.2) is 0 Å². The van der Waals surface area contributed by atoms with Crippen LogP contribution in [0.15, 0.2) is 29.4 Å². The van der Waals surface area contributed by atoms with Crippen molar-refractivity contribution in [2.45, 2.75) is 18.4 Å². The summed E-state index contributed by atoms with van der Waals surface area (Å²) in [5.41, 5.74) is 7.22. The molecule has 0 unspecified atom stereocenters. The molecule has 1 heterocycles. The smallest absolute Gasteiger partial charge is 0.238 e. The third kappa shape index (κ3) is 2.91. The molecule has 0 saturated heterocycles. The van der Waals surface area contributed by atoms with Crippen molar-refractivity contribution in [1.82, 2.24) is 9.55 Å². The van der Waals surface area contributed by atoms with Crippen LogP contribution in [0.2, 0.25) is 0 Å². The van der Waals surface area contributed by atoms with Gasteiger partial charge in [-0.25, -0.2) is 18.5 Å². The molecule has 2 aromatic rings. The van der Waals surface area contributed by atoms with Crippen molar-refractivity contribution in [1.29, 1.82) is 0 Å². The molecule has 0 aliphatic heterocycles. The van der Waals surface area contributed by atoms with Crippen LogP contribution in [0.5, 0.6) is 0 Å². The highest BCUT2D eigenvalue weighted by atomic mass is 32.2. The Hall–Kier alpha value is -2.06. The predicted molar refractivity (Wildman–Crippen MR) is 77.5 cm³/mol. The highest BCUT2D eigenvalue weighted by Crippen LogP contribution is 2.26. The molecule has 8 heteroatoms. The minimum absolute atomic E-state index is 0.0276. The second-order valence-electron chi connectivity index (χ2n) is 4.54. The molecule has 0 amide bonds. The summed E-state index contributed by atoms with van der Waals surface area (Å²) >= 11 is 0. The average molecular weight is 295 g/mol. The van der Waals surface area contributed by atoms with Gasteiger partial charge in [0.05, 0.1) is 11.4 Å². The van der Waals surface area contributed by atoms with E-state index in [4.69, 9.17) is 10.9 Å². The molecule has 0 bridgehead atoms. The first-order valence-electron chi connectivity index (χ1n) is 5.92. The molecule has 1 aromatic carbocycles. The van der Waals surface area contributed by atoms with Crippen LogP contribution in [0.4, 0.5) is 11.4 Å². The highest BCUT2D eigenvalue weighted by molar-refractivity contribution is 7.89. The molecular formula is C12H17N5O2S. The van der Waals surface area contributed by atoms with E-state index >= 15 is 0 Å². The third-order valence-electron chi connectivity index (χ3n) is 3.05. The SMILES string of the molecule is Cc1c(NCc2nccn2C)cc(N)cc1S(N)(=O)=O. The Morgan fingerprint density at radius 2 is 2.10 bits per heavy atom. The topological polar surface area (TPSA) is 116 Å². The van der Waals surface area contributed by atoms with Crippen LogP contribution in [0, 0.1) is 6.92 Å². The lowest BCUT2D eigenvalue weighted by molar-refractivity contribution is 0.597. The van der Waals surface area contributed by atoms with Crippen molar-refractivity contribution in [3.63, 3.8) is 0 Å². The summed E-state index contributed by atoms with van der Waals surface area (Å²) in [6, 6.07) is 3.03. The molecule has 2 rings (SSSR count). The van der Waals surface area contributed by atoms with Gasteiger partial charge in [0.2, 0.25) is 10.0 Å². The quantitative estimate of drug-likeness (QED) is 0.713. The summed E-state index contributed by atoms with van der Waals surface area (Å²) < 4.78 is 24.9. The van der Waals surface area contributed by atoms with Crippen LogP contribution >= 0.6 is 0 Å². The van der Waals surface area contributed by atoms with Crippen LogP contribution in [0.1, 0.15) is 11.4 Å². The zero-order valence-corrected chi connectivity index (χ0v) is 12.1. The predicted octanol–water partition coefficient (Wildman–Crippen LogP) is 0.570. The zero-order chi connectivity index (χ0) is 14.9. The average Bonchev–Trinajstić information content (AvgIpc) is 2.74. The first-order chi connectivity index (χ1) is 9.29. The fourth-order valence-electron chi connectivity index (χ4n) is 1.93. The lowest BCUT2D eigenvalue weighted by Crippen LogP contribution is -2.15. The Bertz CT molecular complexity index is 736. The Morgan fingerprint density at radius 3 is 2.65 bits per heavy atom. The van der Waals surface area contributed by atoms with Crippen molar-refractivity contribution in [3.05, 3.63) is 35.9 Å². The zero-order valence-electron chi connectivity index (χ0n) is 11.3. The van der Waals surface area contributed by atoms with Gasteiger partial charge in [-0.2, -0.15) is 0 Å². The monoisotopic (exact) mass is 295 g/mol. The fraction of sp³-hybridized carbons (Fsp3) is 0.250. The van der Waals surface area contributed by atoms with Gasteiger partial charge in [-0.05, 0) is 24.6 Å². The first-order valence-corrected chi connectivity index (χ1v) is 7.46. The molecule has 5 N–H and O–H groups in total. The van der Waals surface area contributed by atoms with Gasteiger partial charge in [-0.3, -0.25) is 0 Å². The molecule has 0 spiro atoms. The fourth-order valence-corrected chi connectivity index (χ4v) is 2.77. The Morgan fingerprint density at radius 1 is 1.40 bits per heavy atom. The number of sulfonamides is 1. The number of rotatable bonds is 4. The number of nitrogens with one attached hydrogen (secondary N) is 1. The molecule has 0 radical (unpaired) electrons. The number of imidazole rings is 1. The lowest BCUT2D eigenvalue weighted by Gasteiger charge is -2.13. The van der Waals surface area contributed by atoms with Crippen LogP contribution < -0.4 is 16.2 Å². The third-order valence-corrected chi connectivity index (χ3v) is 4.08. The highest BCUT2D eigenvalue weighted by Gasteiger charge is 2.15. The van der Waals surface area contributed by atoms with Gasteiger partial charge in [0.1, 0.15) is 5.82 Å². The first kappa shape index (κ1) is 14.4. The molecule has 0 aliphatic carbocycles. The van der Waals surface area contributed by atoms with Crippen molar-refractivity contribution >= 4 is 21.4 Å². The van der Waals surface area contributed by atoms with E-state index in [1.54, 1.807) is 19.2 Å². The number of benzene rings is 1. The minimum Gasteiger partial charge on any atom is -0.399 e. The van der Waals surface area contributed by atoms with E-state index in [2.05, 4.69) is 10.3 Å². The molecular weight excluding hydrogens is 278 g/mol. The number of aromatic nitrogens is 2. The number of nitrogen functional groups attached to an aromatic ring is 1. The summed E-state index contributed by atoms with van der Waals surface area (Å²) in [5.74, 6) is 0.823. The number of primary sulfonamides is 1. The number of aryl methyl sites for hydroxylation is 1. The van der Waals surface area contributed by atoms with Crippen LogP contribution in [0.3, 0.4) is 0 Å². The number of hydrogen-bond acceptors (Lipinski definition) is 5. The Balaban J connectivity index is 2.33. The van der Waals surface area contributed by atoms with Crippen molar-refractivity contribution in [2.24, 2.45) is 12.2 Å². The molecule has 20 heavy (non-hydrogen) atoms. The van der Waals surface area contributed by atoms with E-state index in [1.807, 2.05) is 17.8 Å². The van der Waals surface area contributed by atoms with Gasteiger partial charge >= 0.3 is 0 Å². The number of hydrogen-bond donors (Lipinski definition) is 3. The van der Waals surface area contributed by atoms with Gasteiger partial charge in [-0.15, -0.1) is 0 Å². The second kappa shape index (κ2) is 5.14. The number of nitrogens with zero attached hydrogens (tertiary/aromatic N) is 2. The number of anilines is 2. The molecule has 1 aromatic heterocycles. The molecule has 0 atom stereocenters. The standard InChI is InChI=1S/C12H17N5O2S/c1-8-10(16-7-12-15-3-4-17(12)2)5-9(13)6-11(8)20(14,18)19/h3-6,16H,7,13H2,1-2H3,(H2,14,18,19). The molecule has 0 aliphatic rings.